The second-order valence-corrected chi connectivity index (χ2v) is 7.08. The molecule has 0 heterocycles. The van der Waals surface area contributed by atoms with Gasteiger partial charge in [-0.1, -0.05) is 12.1 Å². The fourth-order valence-corrected chi connectivity index (χ4v) is 2.93. The second-order valence-electron chi connectivity index (χ2n) is 4.66. The summed E-state index contributed by atoms with van der Waals surface area (Å²) in [6.45, 7) is 0. The van der Waals surface area contributed by atoms with Crippen LogP contribution >= 0.6 is 11.8 Å². The minimum absolute atomic E-state index is 0.00691. The Hall–Kier alpha value is -1.83. The summed E-state index contributed by atoms with van der Waals surface area (Å²) in [5.74, 6) is 0.593. The summed E-state index contributed by atoms with van der Waals surface area (Å²) in [6, 6.07) is 13.1. The van der Waals surface area contributed by atoms with Crippen LogP contribution in [0.15, 0.2) is 53.4 Å². The molecule has 2 aromatic carbocycles. The smallest absolute Gasteiger partial charge is 0.255 e. The molecule has 0 spiro atoms. The van der Waals surface area contributed by atoms with Crippen molar-refractivity contribution in [3.63, 3.8) is 0 Å². The van der Waals surface area contributed by atoms with Gasteiger partial charge in [0.25, 0.3) is 5.91 Å². The normalized spacial score (nSPS) is 11.2. The largest absolute Gasteiger partial charge is 0.322 e. The van der Waals surface area contributed by atoms with Gasteiger partial charge in [-0.25, -0.2) is 13.6 Å². The number of nitrogens with two attached hydrogens (primary N) is 1. The molecule has 0 aromatic heterocycles. The number of benzene rings is 2. The number of amides is 1. The Morgan fingerprint density at radius 2 is 1.86 bits per heavy atom. The monoisotopic (exact) mass is 336 g/mol. The highest BCUT2D eigenvalue weighted by atomic mass is 32.2. The molecule has 0 aliphatic heterocycles. The number of thioether (sulfide) groups is 1. The molecule has 1 amide bonds. The first kappa shape index (κ1) is 16.5. The predicted molar refractivity (Wildman–Crippen MR) is 89.4 cm³/mol. The van der Waals surface area contributed by atoms with E-state index in [0.717, 1.165) is 11.3 Å². The van der Waals surface area contributed by atoms with E-state index in [0.29, 0.717) is 11.3 Å². The first-order chi connectivity index (χ1) is 10.4. The molecule has 116 valence electrons. The van der Waals surface area contributed by atoms with Crippen LogP contribution in [0.4, 0.5) is 5.69 Å². The number of hydrogen-bond acceptors (Lipinski definition) is 4. The average Bonchev–Trinajstić information content (AvgIpc) is 2.47. The molecule has 0 radical (unpaired) electrons. The molecule has 0 saturated heterocycles. The van der Waals surface area contributed by atoms with Gasteiger partial charge in [0.1, 0.15) is 0 Å². The molecule has 7 heteroatoms. The minimum Gasteiger partial charge on any atom is -0.322 e. The summed E-state index contributed by atoms with van der Waals surface area (Å²) in [4.78, 5) is 12.2. The maximum atomic E-state index is 12.2. The van der Waals surface area contributed by atoms with Crippen molar-refractivity contribution >= 4 is 33.4 Å². The standard InChI is InChI=1S/C15H16N2O3S2/c1-21-10-11-3-2-4-12(9-11)15(18)17-13-5-7-14(8-6-13)22(16,19)20/h2-9H,10H2,1H3,(H,17,18)(H2,16,19,20). The number of carbonyl (C=O) groups excluding carboxylic acids is 1. The van der Waals surface area contributed by atoms with Gasteiger partial charge in [0, 0.05) is 17.0 Å². The van der Waals surface area contributed by atoms with Crippen molar-refractivity contribution in [1.82, 2.24) is 0 Å². The van der Waals surface area contributed by atoms with E-state index in [1.54, 1.807) is 17.8 Å². The summed E-state index contributed by atoms with van der Waals surface area (Å²) in [6.07, 6.45) is 2.00. The molecule has 0 aliphatic rings. The van der Waals surface area contributed by atoms with Crippen LogP contribution in [0.5, 0.6) is 0 Å². The number of carbonyl (C=O) groups is 1. The fourth-order valence-electron chi connectivity index (χ4n) is 1.90. The maximum Gasteiger partial charge on any atom is 0.255 e. The highest BCUT2D eigenvalue weighted by Gasteiger charge is 2.09. The van der Waals surface area contributed by atoms with E-state index in [-0.39, 0.29) is 10.8 Å². The molecule has 2 aromatic rings. The third kappa shape index (κ3) is 4.33. The van der Waals surface area contributed by atoms with Gasteiger partial charge in [-0.15, -0.1) is 0 Å². The lowest BCUT2D eigenvalue weighted by atomic mass is 10.1. The first-order valence-corrected chi connectivity index (χ1v) is 9.36. The van der Waals surface area contributed by atoms with Crippen LogP contribution in [0, 0.1) is 0 Å². The van der Waals surface area contributed by atoms with E-state index in [9.17, 15) is 13.2 Å². The van der Waals surface area contributed by atoms with Gasteiger partial charge in [0.05, 0.1) is 4.90 Å². The van der Waals surface area contributed by atoms with Crippen LogP contribution < -0.4 is 10.5 Å². The number of nitrogens with one attached hydrogen (secondary N) is 1. The van der Waals surface area contributed by atoms with Gasteiger partial charge in [0.2, 0.25) is 10.0 Å². The van der Waals surface area contributed by atoms with E-state index in [4.69, 9.17) is 5.14 Å². The number of rotatable bonds is 5. The van der Waals surface area contributed by atoms with Gasteiger partial charge in [-0.05, 0) is 48.2 Å². The molecule has 3 N–H and O–H groups in total. The van der Waals surface area contributed by atoms with Crippen LogP contribution in [0.1, 0.15) is 15.9 Å². The molecule has 0 saturated carbocycles. The number of sulfonamides is 1. The summed E-state index contributed by atoms with van der Waals surface area (Å²) in [5, 5.41) is 7.75. The molecule has 0 atom stereocenters. The summed E-state index contributed by atoms with van der Waals surface area (Å²) >= 11 is 1.68. The fraction of sp³-hybridized carbons (Fsp3) is 0.133. The van der Waals surface area contributed by atoms with Crippen LogP contribution in [0.25, 0.3) is 0 Å². The van der Waals surface area contributed by atoms with E-state index in [2.05, 4.69) is 5.32 Å². The molecular weight excluding hydrogens is 320 g/mol. The summed E-state index contributed by atoms with van der Waals surface area (Å²) in [5.41, 5.74) is 2.14. The molecule has 0 unspecified atom stereocenters. The van der Waals surface area contributed by atoms with Crippen molar-refractivity contribution in [2.24, 2.45) is 5.14 Å². The van der Waals surface area contributed by atoms with Gasteiger partial charge >= 0.3 is 0 Å². The second kappa shape index (κ2) is 6.95. The average molecular weight is 336 g/mol. The topological polar surface area (TPSA) is 89.3 Å². The van der Waals surface area contributed by atoms with E-state index >= 15 is 0 Å². The minimum atomic E-state index is -3.73. The van der Waals surface area contributed by atoms with Crippen LogP contribution in [0.3, 0.4) is 0 Å². The Morgan fingerprint density at radius 3 is 2.45 bits per heavy atom. The Morgan fingerprint density at radius 1 is 1.18 bits per heavy atom. The van der Waals surface area contributed by atoms with Crippen LogP contribution in [-0.4, -0.2) is 20.6 Å². The quantitative estimate of drug-likeness (QED) is 0.877. The van der Waals surface area contributed by atoms with Crippen molar-refractivity contribution in [3.8, 4) is 0 Å². The zero-order chi connectivity index (χ0) is 16.2. The Kier molecular flexibility index (Phi) is 5.23. The molecular formula is C15H16N2O3S2. The zero-order valence-electron chi connectivity index (χ0n) is 11.9. The van der Waals surface area contributed by atoms with Crippen LogP contribution in [0.2, 0.25) is 0 Å². The van der Waals surface area contributed by atoms with Crippen molar-refractivity contribution in [2.45, 2.75) is 10.6 Å². The lowest BCUT2D eigenvalue weighted by molar-refractivity contribution is 0.102. The number of anilines is 1. The van der Waals surface area contributed by atoms with Gasteiger partial charge in [0.15, 0.2) is 0 Å². The SMILES string of the molecule is CSCc1cccc(C(=O)Nc2ccc(S(N)(=O)=O)cc2)c1. The van der Waals surface area contributed by atoms with E-state index in [1.165, 1.54) is 24.3 Å². The van der Waals surface area contributed by atoms with Gasteiger partial charge in [-0.3, -0.25) is 4.79 Å². The zero-order valence-corrected chi connectivity index (χ0v) is 13.6. The van der Waals surface area contributed by atoms with Crippen molar-refractivity contribution in [3.05, 3.63) is 59.7 Å². The predicted octanol–water partition coefficient (Wildman–Crippen LogP) is 2.45. The number of primary sulfonamides is 1. The van der Waals surface area contributed by atoms with Crippen LogP contribution in [-0.2, 0) is 15.8 Å². The third-order valence-corrected chi connectivity index (χ3v) is 4.49. The van der Waals surface area contributed by atoms with E-state index < -0.39 is 10.0 Å². The molecule has 0 fully saturated rings. The molecule has 0 bridgehead atoms. The maximum absolute atomic E-state index is 12.2. The lowest BCUT2D eigenvalue weighted by Crippen LogP contribution is -2.14. The number of hydrogen-bond donors (Lipinski definition) is 2. The lowest BCUT2D eigenvalue weighted by Gasteiger charge is -2.07. The van der Waals surface area contributed by atoms with Gasteiger partial charge in [-0.2, -0.15) is 11.8 Å². The van der Waals surface area contributed by atoms with E-state index in [1.807, 2.05) is 24.5 Å². The molecule has 2 rings (SSSR count). The Bertz CT molecular complexity index is 772. The van der Waals surface area contributed by atoms with Gasteiger partial charge < -0.3 is 5.32 Å². The summed E-state index contributed by atoms with van der Waals surface area (Å²) < 4.78 is 22.4. The summed E-state index contributed by atoms with van der Waals surface area (Å²) in [7, 11) is -3.73. The van der Waals surface area contributed by atoms with Crippen molar-refractivity contribution in [1.29, 1.82) is 0 Å². The Labute approximate surface area is 134 Å². The third-order valence-electron chi connectivity index (χ3n) is 2.94. The molecule has 5 nitrogen and oxygen atoms in total. The first-order valence-electron chi connectivity index (χ1n) is 6.42. The molecule has 22 heavy (non-hydrogen) atoms. The Balaban J connectivity index is 2.13. The van der Waals surface area contributed by atoms with Crippen molar-refractivity contribution < 1.29 is 13.2 Å². The highest BCUT2D eigenvalue weighted by molar-refractivity contribution is 7.97. The highest BCUT2D eigenvalue weighted by Crippen LogP contribution is 2.15. The van der Waals surface area contributed by atoms with Crippen molar-refractivity contribution in [2.75, 3.05) is 11.6 Å². The molecule has 0 aliphatic carbocycles.